The van der Waals surface area contributed by atoms with Crippen LogP contribution in [0.15, 0.2) is 35.2 Å². The summed E-state index contributed by atoms with van der Waals surface area (Å²) in [5, 5.41) is 4.37. The fourth-order valence-corrected chi connectivity index (χ4v) is 5.63. The van der Waals surface area contributed by atoms with Crippen LogP contribution in [-0.2, 0) is 23.0 Å². The largest absolute Gasteiger partial charge is 0.268 e. The van der Waals surface area contributed by atoms with Gasteiger partial charge >= 0.3 is 0 Å². The van der Waals surface area contributed by atoms with Crippen LogP contribution in [0.1, 0.15) is 36.7 Å². The topological polar surface area (TPSA) is 55.2 Å². The summed E-state index contributed by atoms with van der Waals surface area (Å²) >= 11 is 0. The van der Waals surface area contributed by atoms with Crippen LogP contribution in [0.2, 0.25) is 0 Å². The van der Waals surface area contributed by atoms with Crippen LogP contribution in [0.3, 0.4) is 0 Å². The maximum absolute atomic E-state index is 13.1. The van der Waals surface area contributed by atoms with Gasteiger partial charge in [-0.2, -0.15) is 9.40 Å². The maximum atomic E-state index is 13.1. The molecule has 1 aromatic heterocycles. The number of piperidine rings is 1. The van der Waals surface area contributed by atoms with Crippen molar-refractivity contribution < 1.29 is 8.42 Å². The van der Waals surface area contributed by atoms with Crippen molar-refractivity contribution >= 4 is 10.0 Å². The molecule has 2 aromatic rings. The summed E-state index contributed by atoms with van der Waals surface area (Å²) in [5.74, 6) is 0.550. The van der Waals surface area contributed by atoms with E-state index < -0.39 is 10.0 Å². The molecule has 0 bridgehead atoms. The summed E-state index contributed by atoms with van der Waals surface area (Å²) in [4.78, 5) is 0.399. The van der Waals surface area contributed by atoms with Gasteiger partial charge in [-0.3, -0.25) is 4.68 Å². The second-order valence-corrected chi connectivity index (χ2v) is 8.73. The molecule has 1 aliphatic heterocycles. The van der Waals surface area contributed by atoms with Crippen LogP contribution < -0.4 is 0 Å². The molecule has 2 heterocycles. The maximum Gasteiger partial charge on any atom is 0.246 e. The lowest BCUT2D eigenvalue weighted by atomic mass is 9.91. The average molecular weight is 362 g/mol. The van der Waals surface area contributed by atoms with Crippen molar-refractivity contribution in [2.45, 2.75) is 51.5 Å². The summed E-state index contributed by atoms with van der Waals surface area (Å²) in [5.41, 5.74) is 2.68. The van der Waals surface area contributed by atoms with Crippen LogP contribution in [0.5, 0.6) is 0 Å². The molecule has 0 amide bonds. The highest BCUT2D eigenvalue weighted by molar-refractivity contribution is 7.89. The monoisotopic (exact) mass is 361 g/mol. The van der Waals surface area contributed by atoms with Crippen LogP contribution in [0, 0.1) is 19.8 Å². The quantitative estimate of drug-likeness (QED) is 0.822. The number of hydrogen-bond acceptors (Lipinski definition) is 3. The lowest BCUT2D eigenvalue weighted by molar-refractivity contribution is 0.272. The smallest absolute Gasteiger partial charge is 0.246 e. The predicted molar refractivity (Wildman–Crippen MR) is 99.0 cm³/mol. The molecule has 0 saturated carbocycles. The molecule has 136 valence electrons. The Labute approximate surface area is 150 Å². The van der Waals surface area contributed by atoms with Crippen molar-refractivity contribution in [2.75, 3.05) is 13.1 Å². The summed E-state index contributed by atoms with van der Waals surface area (Å²) in [6.07, 6.45) is 2.85. The van der Waals surface area contributed by atoms with Crippen molar-refractivity contribution in [1.82, 2.24) is 14.1 Å². The molecule has 0 radical (unpaired) electrons. The van der Waals surface area contributed by atoms with Crippen LogP contribution in [0.25, 0.3) is 0 Å². The van der Waals surface area contributed by atoms with E-state index in [1.807, 2.05) is 19.9 Å². The first-order valence-electron chi connectivity index (χ1n) is 9.01. The van der Waals surface area contributed by atoms with Gasteiger partial charge < -0.3 is 0 Å². The van der Waals surface area contributed by atoms with Gasteiger partial charge in [0, 0.05) is 19.6 Å². The molecule has 0 unspecified atom stereocenters. The summed E-state index contributed by atoms with van der Waals surface area (Å²) in [6, 6.07) is 10.4. The Kier molecular flexibility index (Phi) is 5.29. The van der Waals surface area contributed by atoms with Crippen molar-refractivity contribution in [3.63, 3.8) is 0 Å². The van der Waals surface area contributed by atoms with Gasteiger partial charge in [0.2, 0.25) is 10.0 Å². The van der Waals surface area contributed by atoms with Crippen LogP contribution >= 0.6 is 0 Å². The molecule has 6 heteroatoms. The third-order valence-corrected chi connectivity index (χ3v) is 7.30. The molecular weight excluding hydrogens is 334 g/mol. The number of nitrogens with zero attached hydrogens (tertiary/aromatic N) is 3. The van der Waals surface area contributed by atoms with Gasteiger partial charge in [-0.1, -0.05) is 30.3 Å². The SMILES string of the molecule is CCn1nc(C)c(S(=O)(=O)N2CCC(Cc3ccccc3)CC2)c1C. The summed E-state index contributed by atoms with van der Waals surface area (Å²) in [7, 11) is -3.46. The molecule has 1 saturated heterocycles. The van der Waals surface area contributed by atoms with E-state index in [0.29, 0.717) is 36.1 Å². The predicted octanol–water partition coefficient (Wildman–Crippen LogP) is 3.16. The highest BCUT2D eigenvalue weighted by Gasteiger charge is 2.33. The van der Waals surface area contributed by atoms with E-state index in [2.05, 4.69) is 29.4 Å². The molecule has 0 spiro atoms. The first-order valence-corrected chi connectivity index (χ1v) is 10.5. The standard InChI is InChI=1S/C19H27N3O2S/c1-4-22-16(3)19(15(2)20-22)25(23,24)21-12-10-18(11-13-21)14-17-8-6-5-7-9-17/h5-9,18H,4,10-14H2,1-3H3. The second kappa shape index (κ2) is 7.30. The molecule has 1 aromatic carbocycles. The molecule has 1 aliphatic rings. The van der Waals surface area contributed by atoms with Gasteiger partial charge in [0.15, 0.2) is 0 Å². The lowest BCUT2D eigenvalue weighted by Gasteiger charge is -2.31. The van der Waals surface area contributed by atoms with E-state index in [4.69, 9.17) is 0 Å². The Bertz CT molecular complexity index is 820. The van der Waals surface area contributed by atoms with Gasteiger partial charge in [0.25, 0.3) is 0 Å². The molecular formula is C19H27N3O2S. The fraction of sp³-hybridized carbons (Fsp3) is 0.526. The minimum atomic E-state index is -3.46. The first kappa shape index (κ1) is 18.1. The van der Waals surface area contributed by atoms with Crippen molar-refractivity contribution in [3.05, 3.63) is 47.3 Å². The highest BCUT2D eigenvalue weighted by Crippen LogP contribution is 2.29. The third-order valence-electron chi connectivity index (χ3n) is 5.15. The number of rotatable bonds is 5. The van der Waals surface area contributed by atoms with Crippen LogP contribution in [0.4, 0.5) is 0 Å². The number of sulfonamides is 1. The molecule has 5 nitrogen and oxygen atoms in total. The van der Waals surface area contributed by atoms with Crippen molar-refractivity contribution in [3.8, 4) is 0 Å². The first-order chi connectivity index (χ1) is 11.9. The Balaban J connectivity index is 1.71. The number of hydrogen-bond donors (Lipinski definition) is 0. The normalized spacial score (nSPS) is 17.1. The zero-order chi connectivity index (χ0) is 18.0. The highest BCUT2D eigenvalue weighted by atomic mass is 32.2. The van der Waals surface area contributed by atoms with E-state index in [0.717, 1.165) is 25.0 Å². The van der Waals surface area contributed by atoms with E-state index in [1.54, 1.807) is 15.9 Å². The molecule has 25 heavy (non-hydrogen) atoms. The average Bonchev–Trinajstić information content (AvgIpc) is 2.90. The molecule has 1 fully saturated rings. The van der Waals surface area contributed by atoms with Gasteiger partial charge in [0.05, 0.1) is 11.4 Å². The zero-order valence-electron chi connectivity index (χ0n) is 15.3. The van der Waals surface area contributed by atoms with Crippen molar-refractivity contribution in [2.24, 2.45) is 5.92 Å². The fourth-order valence-electron chi connectivity index (χ4n) is 3.79. The van der Waals surface area contributed by atoms with Gasteiger partial charge in [-0.05, 0) is 51.5 Å². The molecule has 3 rings (SSSR count). The van der Waals surface area contributed by atoms with E-state index in [9.17, 15) is 8.42 Å². The molecule has 0 aliphatic carbocycles. The number of aromatic nitrogens is 2. The van der Waals surface area contributed by atoms with E-state index in [1.165, 1.54) is 5.56 Å². The Morgan fingerprint density at radius 2 is 1.76 bits per heavy atom. The Hall–Kier alpha value is -1.66. The Morgan fingerprint density at radius 3 is 2.32 bits per heavy atom. The van der Waals surface area contributed by atoms with E-state index in [-0.39, 0.29) is 0 Å². The molecule has 0 atom stereocenters. The minimum Gasteiger partial charge on any atom is -0.268 e. The minimum absolute atomic E-state index is 0.399. The Morgan fingerprint density at radius 1 is 1.12 bits per heavy atom. The zero-order valence-corrected chi connectivity index (χ0v) is 16.1. The number of aryl methyl sites for hydroxylation is 2. The van der Waals surface area contributed by atoms with E-state index >= 15 is 0 Å². The van der Waals surface area contributed by atoms with Crippen LogP contribution in [-0.4, -0.2) is 35.6 Å². The second-order valence-electron chi connectivity index (χ2n) is 6.85. The van der Waals surface area contributed by atoms with Crippen molar-refractivity contribution in [1.29, 1.82) is 0 Å². The van der Waals surface area contributed by atoms with Gasteiger partial charge in [-0.25, -0.2) is 8.42 Å². The molecule has 0 N–H and O–H groups in total. The lowest BCUT2D eigenvalue weighted by Crippen LogP contribution is -2.39. The van der Waals surface area contributed by atoms with Gasteiger partial charge in [0.1, 0.15) is 4.90 Å². The number of benzene rings is 1. The summed E-state index contributed by atoms with van der Waals surface area (Å²) in [6.45, 7) is 7.48. The third kappa shape index (κ3) is 3.65. The van der Waals surface area contributed by atoms with Gasteiger partial charge in [-0.15, -0.1) is 0 Å². The summed E-state index contributed by atoms with van der Waals surface area (Å²) < 4.78 is 29.6.